The van der Waals surface area contributed by atoms with Crippen LogP contribution in [0.2, 0.25) is 0 Å². The lowest BCUT2D eigenvalue weighted by Crippen LogP contribution is -2.54. The van der Waals surface area contributed by atoms with E-state index in [4.69, 9.17) is 4.74 Å². The Hall–Kier alpha value is -1.84. The zero-order valence-electron chi connectivity index (χ0n) is 17.7. The molecule has 1 unspecified atom stereocenters. The molecule has 2 aliphatic rings. The maximum absolute atomic E-state index is 5.77. The van der Waals surface area contributed by atoms with Crippen LogP contribution in [-0.2, 0) is 5.41 Å². The van der Waals surface area contributed by atoms with E-state index in [1.165, 1.54) is 29.5 Å². The molecule has 0 amide bonds. The second-order valence-electron chi connectivity index (χ2n) is 9.55. The molecule has 0 aliphatic carbocycles. The van der Waals surface area contributed by atoms with E-state index < -0.39 is 0 Å². The van der Waals surface area contributed by atoms with Crippen LogP contribution in [0.3, 0.4) is 0 Å². The van der Waals surface area contributed by atoms with Crippen LogP contribution in [0, 0.1) is 0 Å². The van der Waals surface area contributed by atoms with Gasteiger partial charge in [-0.3, -0.25) is 0 Å². The second kappa shape index (κ2) is 7.53. The van der Waals surface area contributed by atoms with Crippen molar-refractivity contribution in [3.63, 3.8) is 0 Å². The van der Waals surface area contributed by atoms with Crippen LogP contribution in [0.15, 0.2) is 48.5 Å². The molecule has 28 heavy (non-hydrogen) atoms. The first kappa shape index (κ1) is 19.5. The first-order chi connectivity index (χ1) is 13.4. The average Bonchev–Trinajstić information content (AvgIpc) is 3.12. The first-order valence-corrected chi connectivity index (χ1v) is 10.6. The summed E-state index contributed by atoms with van der Waals surface area (Å²) >= 11 is 0. The highest BCUT2D eigenvalue weighted by atomic mass is 16.5. The van der Waals surface area contributed by atoms with E-state index in [1.807, 2.05) is 0 Å². The van der Waals surface area contributed by atoms with Gasteiger partial charge in [-0.05, 0) is 54.0 Å². The van der Waals surface area contributed by atoms with Crippen LogP contribution in [0.5, 0.6) is 5.75 Å². The number of rotatable bonds is 3. The minimum atomic E-state index is 0.118. The second-order valence-corrected chi connectivity index (χ2v) is 9.55. The lowest BCUT2D eigenvalue weighted by Gasteiger charge is -2.43. The molecule has 2 aliphatic heterocycles. The van der Waals surface area contributed by atoms with Gasteiger partial charge in [0.05, 0.1) is 13.2 Å². The lowest BCUT2D eigenvalue weighted by molar-refractivity contribution is 0.202. The molecule has 150 valence electrons. The molecule has 0 radical (unpaired) electrons. The summed E-state index contributed by atoms with van der Waals surface area (Å²) in [6.45, 7) is 8.95. The van der Waals surface area contributed by atoms with Gasteiger partial charge >= 0.3 is 0 Å². The molecule has 2 aromatic carbocycles. The predicted octanol–water partition coefficient (Wildman–Crippen LogP) is 4.93. The molecule has 0 bridgehead atoms. The Kier molecular flexibility index (Phi) is 5.24. The van der Waals surface area contributed by atoms with Gasteiger partial charge in [-0.15, -0.1) is 0 Å². The molecule has 0 saturated carbocycles. The molecular weight excluding hydrogens is 344 g/mol. The average molecular weight is 379 g/mol. The quantitative estimate of drug-likeness (QED) is 0.794. The fourth-order valence-corrected chi connectivity index (χ4v) is 5.13. The number of piperidine rings is 1. The standard InChI is InChI=1S/C25H34N2O/c1-24(2,3)20-11-12-22(28-4)21(15-20)19-16-25(27-17-19)13-8-14-26-23(25)18-9-6-5-7-10-18/h5-7,9-12,15,19,23,26-27H,8,13-14,16-17H2,1-4H3/t19-,23?,25-/m1/s1. The van der Waals surface area contributed by atoms with Crippen LogP contribution >= 0.6 is 0 Å². The SMILES string of the molecule is COc1ccc(C(C)(C)C)cc1[C@H]1CN[C@]2(CCCNC2c2ccccc2)C1. The predicted molar refractivity (Wildman–Crippen MR) is 116 cm³/mol. The summed E-state index contributed by atoms with van der Waals surface area (Å²) < 4.78 is 5.77. The first-order valence-electron chi connectivity index (χ1n) is 10.6. The molecule has 4 rings (SSSR count). The fraction of sp³-hybridized carbons (Fsp3) is 0.520. The van der Waals surface area contributed by atoms with Crippen molar-refractivity contribution >= 4 is 0 Å². The molecule has 2 aromatic rings. The van der Waals surface area contributed by atoms with Gasteiger partial charge in [-0.2, -0.15) is 0 Å². The number of benzene rings is 2. The van der Waals surface area contributed by atoms with E-state index in [0.717, 1.165) is 25.3 Å². The van der Waals surface area contributed by atoms with Crippen LogP contribution < -0.4 is 15.4 Å². The third kappa shape index (κ3) is 3.58. The van der Waals surface area contributed by atoms with Crippen molar-refractivity contribution in [3.05, 3.63) is 65.2 Å². The van der Waals surface area contributed by atoms with Crippen molar-refractivity contribution in [2.24, 2.45) is 0 Å². The molecule has 2 fully saturated rings. The highest BCUT2D eigenvalue weighted by molar-refractivity contribution is 5.43. The zero-order valence-corrected chi connectivity index (χ0v) is 17.7. The third-order valence-electron chi connectivity index (χ3n) is 6.68. The third-order valence-corrected chi connectivity index (χ3v) is 6.68. The number of methoxy groups -OCH3 is 1. The normalized spacial score (nSPS) is 27.9. The molecular formula is C25H34N2O. The summed E-state index contributed by atoms with van der Waals surface area (Å²) in [7, 11) is 1.79. The van der Waals surface area contributed by atoms with Gasteiger partial charge in [0.1, 0.15) is 5.75 Å². The molecule has 3 nitrogen and oxygen atoms in total. The van der Waals surface area contributed by atoms with Crippen molar-refractivity contribution in [1.29, 1.82) is 0 Å². The highest BCUT2D eigenvalue weighted by Gasteiger charge is 2.47. The maximum Gasteiger partial charge on any atom is 0.122 e. The minimum Gasteiger partial charge on any atom is -0.496 e. The Morgan fingerprint density at radius 3 is 2.57 bits per heavy atom. The van der Waals surface area contributed by atoms with Gasteiger partial charge in [0.2, 0.25) is 0 Å². The van der Waals surface area contributed by atoms with E-state index in [-0.39, 0.29) is 11.0 Å². The van der Waals surface area contributed by atoms with Crippen LogP contribution in [0.1, 0.15) is 68.7 Å². The summed E-state index contributed by atoms with van der Waals surface area (Å²) in [6.07, 6.45) is 3.59. The Morgan fingerprint density at radius 1 is 1.07 bits per heavy atom. The smallest absolute Gasteiger partial charge is 0.122 e. The Morgan fingerprint density at radius 2 is 1.86 bits per heavy atom. The molecule has 3 heteroatoms. The van der Waals surface area contributed by atoms with Gasteiger partial charge in [-0.25, -0.2) is 0 Å². The van der Waals surface area contributed by atoms with Crippen molar-refractivity contribution in [2.45, 2.75) is 62.9 Å². The summed E-state index contributed by atoms with van der Waals surface area (Å²) in [6, 6.07) is 18.1. The topological polar surface area (TPSA) is 33.3 Å². The van der Waals surface area contributed by atoms with Crippen molar-refractivity contribution in [1.82, 2.24) is 10.6 Å². The maximum atomic E-state index is 5.77. The molecule has 2 saturated heterocycles. The van der Waals surface area contributed by atoms with E-state index in [9.17, 15) is 0 Å². The number of ether oxygens (including phenoxy) is 1. The summed E-state index contributed by atoms with van der Waals surface area (Å²) in [5, 5.41) is 7.77. The Labute approximate surface area is 169 Å². The summed E-state index contributed by atoms with van der Waals surface area (Å²) in [5.41, 5.74) is 4.39. The van der Waals surface area contributed by atoms with Gasteiger partial charge in [0.15, 0.2) is 0 Å². The number of nitrogens with one attached hydrogen (secondary N) is 2. The van der Waals surface area contributed by atoms with Gasteiger partial charge in [-0.1, -0.05) is 63.2 Å². The molecule has 2 heterocycles. The molecule has 2 N–H and O–H groups in total. The Balaban J connectivity index is 1.66. The Bertz CT molecular complexity index is 811. The molecule has 1 spiro atoms. The largest absolute Gasteiger partial charge is 0.496 e. The molecule has 3 atom stereocenters. The van der Waals surface area contributed by atoms with Gasteiger partial charge in [0, 0.05) is 18.0 Å². The van der Waals surface area contributed by atoms with Crippen LogP contribution in [-0.4, -0.2) is 25.7 Å². The number of hydrogen-bond donors (Lipinski definition) is 2. The lowest BCUT2D eigenvalue weighted by atomic mass is 9.75. The van der Waals surface area contributed by atoms with E-state index in [1.54, 1.807) is 7.11 Å². The monoisotopic (exact) mass is 378 g/mol. The van der Waals surface area contributed by atoms with Gasteiger partial charge < -0.3 is 15.4 Å². The molecule has 0 aromatic heterocycles. The van der Waals surface area contributed by atoms with Crippen LogP contribution in [0.25, 0.3) is 0 Å². The summed E-state index contributed by atoms with van der Waals surface area (Å²) in [5.74, 6) is 1.50. The highest BCUT2D eigenvalue weighted by Crippen LogP contribution is 2.46. The van der Waals surface area contributed by atoms with E-state index in [0.29, 0.717) is 12.0 Å². The van der Waals surface area contributed by atoms with Crippen molar-refractivity contribution in [2.75, 3.05) is 20.2 Å². The van der Waals surface area contributed by atoms with Crippen LogP contribution in [0.4, 0.5) is 0 Å². The minimum absolute atomic E-state index is 0.118. The number of hydrogen-bond acceptors (Lipinski definition) is 3. The fourth-order valence-electron chi connectivity index (χ4n) is 5.13. The zero-order chi connectivity index (χ0) is 19.8. The van der Waals surface area contributed by atoms with E-state index >= 15 is 0 Å². The van der Waals surface area contributed by atoms with Gasteiger partial charge in [0.25, 0.3) is 0 Å². The summed E-state index contributed by atoms with van der Waals surface area (Å²) in [4.78, 5) is 0. The van der Waals surface area contributed by atoms with Crippen molar-refractivity contribution < 1.29 is 4.74 Å². The van der Waals surface area contributed by atoms with E-state index in [2.05, 4.69) is 79.9 Å². The van der Waals surface area contributed by atoms with Crippen molar-refractivity contribution in [3.8, 4) is 5.75 Å².